The van der Waals surface area contributed by atoms with Gasteiger partial charge in [-0.15, -0.1) is 23.1 Å². The second kappa shape index (κ2) is 9.95. The van der Waals surface area contributed by atoms with Crippen LogP contribution in [0.25, 0.3) is 0 Å². The quantitative estimate of drug-likeness (QED) is 0.524. The summed E-state index contributed by atoms with van der Waals surface area (Å²) >= 11 is 3.20. The van der Waals surface area contributed by atoms with Gasteiger partial charge in [-0.25, -0.2) is 4.79 Å². The van der Waals surface area contributed by atoms with Crippen LogP contribution in [-0.4, -0.2) is 24.7 Å². The van der Waals surface area contributed by atoms with Gasteiger partial charge in [0, 0.05) is 21.9 Å². The maximum atomic E-state index is 12.4. The average molecular weight is 404 g/mol. The molecule has 1 N–H and O–H groups in total. The predicted molar refractivity (Wildman–Crippen MR) is 112 cm³/mol. The van der Waals surface area contributed by atoms with Crippen LogP contribution < -0.4 is 5.32 Å². The monoisotopic (exact) mass is 403 g/mol. The van der Waals surface area contributed by atoms with E-state index < -0.39 is 0 Å². The molecule has 6 heteroatoms. The topological polar surface area (TPSA) is 55.4 Å². The van der Waals surface area contributed by atoms with E-state index in [1.54, 1.807) is 23.1 Å². The summed E-state index contributed by atoms with van der Waals surface area (Å²) in [5.74, 6) is 0.300. The van der Waals surface area contributed by atoms with Crippen LogP contribution in [0.2, 0.25) is 0 Å². The summed E-state index contributed by atoms with van der Waals surface area (Å²) in [7, 11) is 1.40. The molecule has 0 unspecified atom stereocenters. The van der Waals surface area contributed by atoms with Crippen molar-refractivity contribution in [2.24, 2.45) is 0 Å². The van der Waals surface area contributed by atoms with Gasteiger partial charge in [0.15, 0.2) is 0 Å². The molecule has 3 rings (SSSR count). The average Bonchev–Trinajstić information content (AvgIpc) is 2.98. The zero-order valence-corrected chi connectivity index (χ0v) is 17.2. The van der Waals surface area contributed by atoms with Crippen LogP contribution in [0.3, 0.4) is 0 Å². The molecule has 0 saturated carbocycles. The molecule has 1 amide bonds. The van der Waals surface area contributed by atoms with Crippen molar-refractivity contribution in [3.63, 3.8) is 0 Å². The number of aryl methyl sites for hydroxylation is 1. The molecular weight excluding hydrogens is 378 g/mol. The van der Waals surface area contributed by atoms with Gasteiger partial charge in [0.25, 0.3) is 0 Å². The molecule has 0 saturated heterocycles. The van der Waals surface area contributed by atoms with Crippen molar-refractivity contribution in [2.75, 3.05) is 18.2 Å². The zero-order chi connectivity index (χ0) is 19.1. The lowest BCUT2D eigenvalue weighted by Crippen LogP contribution is -2.15. The Morgan fingerprint density at radius 3 is 2.59 bits per heavy atom. The molecular formula is C21H25NO3S2. The van der Waals surface area contributed by atoms with Crippen LogP contribution in [0.4, 0.5) is 5.00 Å². The highest BCUT2D eigenvalue weighted by Crippen LogP contribution is 2.37. The van der Waals surface area contributed by atoms with Gasteiger partial charge < -0.3 is 10.1 Å². The predicted octanol–water partition coefficient (Wildman–Crippen LogP) is 5.31. The molecule has 0 atom stereocenters. The fraction of sp³-hybridized carbons (Fsp3) is 0.429. The Morgan fingerprint density at radius 2 is 1.85 bits per heavy atom. The lowest BCUT2D eigenvalue weighted by atomic mass is 9.96. The van der Waals surface area contributed by atoms with Crippen molar-refractivity contribution >= 4 is 40.0 Å². The van der Waals surface area contributed by atoms with Crippen LogP contribution in [0.15, 0.2) is 35.2 Å². The molecule has 0 fully saturated rings. The summed E-state index contributed by atoms with van der Waals surface area (Å²) in [6.07, 6.45) is 6.89. The highest BCUT2D eigenvalue weighted by atomic mass is 32.2. The van der Waals surface area contributed by atoms with Crippen LogP contribution in [-0.2, 0) is 22.4 Å². The number of nitrogens with one attached hydrogen (secondary N) is 1. The van der Waals surface area contributed by atoms with Crippen LogP contribution in [0.5, 0.6) is 0 Å². The third-order valence-corrected chi connectivity index (χ3v) is 6.88. The minimum atomic E-state index is -0.345. The van der Waals surface area contributed by atoms with E-state index in [0.29, 0.717) is 22.7 Å². The molecule has 1 aromatic heterocycles. The summed E-state index contributed by atoms with van der Waals surface area (Å²) in [6, 6.07) is 10.0. The molecule has 27 heavy (non-hydrogen) atoms. The molecule has 0 aliphatic heterocycles. The van der Waals surface area contributed by atoms with E-state index in [2.05, 4.69) is 5.32 Å². The normalized spacial score (nSPS) is 14.0. The zero-order valence-electron chi connectivity index (χ0n) is 15.6. The molecule has 0 spiro atoms. The third-order valence-electron chi connectivity index (χ3n) is 4.65. The second-order valence-corrected chi connectivity index (χ2v) is 8.85. The fourth-order valence-corrected chi connectivity index (χ4v) is 5.46. The van der Waals surface area contributed by atoms with Crippen molar-refractivity contribution in [2.45, 2.75) is 49.8 Å². The Kier molecular flexibility index (Phi) is 7.35. The van der Waals surface area contributed by atoms with Gasteiger partial charge in [0.1, 0.15) is 5.00 Å². The molecule has 1 aromatic carbocycles. The number of amides is 1. The first-order valence-electron chi connectivity index (χ1n) is 9.39. The highest BCUT2D eigenvalue weighted by molar-refractivity contribution is 7.99. The summed E-state index contributed by atoms with van der Waals surface area (Å²) in [5.41, 5.74) is 1.66. The molecule has 0 radical (unpaired) electrons. The standard InChI is InChI=1S/C21H25NO3S2/c1-25-21(24)19-16-11-7-2-3-8-12-17(16)27-20(19)22-18(23)13-14-26-15-9-5-4-6-10-15/h4-6,9-10H,2-3,7-8,11-14H2,1H3,(H,22,23). The number of carbonyl (C=O) groups is 2. The molecule has 1 heterocycles. The first-order valence-corrected chi connectivity index (χ1v) is 11.2. The molecule has 0 bridgehead atoms. The van der Waals surface area contributed by atoms with Crippen molar-refractivity contribution in [3.05, 3.63) is 46.3 Å². The van der Waals surface area contributed by atoms with Crippen molar-refractivity contribution in [1.82, 2.24) is 0 Å². The molecule has 4 nitrogen and oxygen atoms in total. The van der Waals surface area contributed by atoms with Gasteiger partial charge in [0.05, 0.1) is 12.7 Å². The van der Waals surface area contributed by atoms with E-state index in [0.717, 1.165) is 36.1 Å². The molecule has 2 aromatic rings. The van der Waals surface area contributed by atoms with Gasteiger partial charge in [-0.1, -0.05) is 31.0 Å². The van der Waals surface area contributed by atoms with Crippen molar-refractivity contribution in [3.8, 4) is 0 Å². The SMILES string of the molecule is COC(=O)c1c(NC(=O)CCSc2ccccc2)sc2c1CCCCCC2. The number of benzene rings is 1. The van der Waals surface area contributed by atoms with Gasteiger partial charge in [-0.3, -0.25) is 4.79 Å². The number of methoxy groups -OCH3 is 1. The Morgan fingerprint density at radius 1 is 1.11 bits per heavy atom. The summed E-state index contributed by atoms with van der Waals surface area (Å²) in [4.78, 5) is 27.2. The summed E-state index contributed by atoms with van der Waals surface area (Å²) in [6.45, 7) is 0. The summed E-state index contributed by atoms with van der Waals surface area (Å²) in [5, 5.41) is 3.63. The van der Waals surface area contributed by atoms with Crippen LogP contribution in [0, 0.1) is 0 Å². The number of hydrogen-bond donors (Lipinski definition) is 1. The number of carbonyl (C=O) groups excluding carboxylic acids is 2. The van der Waals surface area contributed by atoms with E-state index in [1.807, 2.05) is 30.3 Å². The first kappa shape index (κ1) is 20.0. The summed E-state index contributed by atoms with van der Waals surface area (Å²) < 4.78 is 5.01. The van der Waals surface area contributed by atoms with E-state index in [4.69, 9.17) is 4.74 Å². The smallest absolute Gasteiger partial charge is 0.341 e. The largest absolute Gasteiger partial charge is 0.465 e. The molecule has 144 valence electrons. The van der Waals surface area contributed by atoms with E-state index in [-0.39, 0.29) is 11.9 Å². The Bertz CT molecular complexity index is 786. The Labute approximate surface area is 168 Å². The van der Waals surface area contributed by atoms with E-state index in [1.165, 1.54) is 24.8 Å². The second-order valence-electron chi connectivity index (χ2n) is 6.57. The Balaban J connectivity index is 1.68. The van der Waals surface area contributed by atoms with Crippen molar-refractivity contribution < 1.29 is 14.3 Å². The lowest BCUT2D eigenvalue weighted by molar-refractivity contribution is -0.115. The fourth-order valence-electron chi connectivity index (χ4n) is 3.29. The van der Waals surface area contributed by atoms with Gasteiger partial charge in [-0.2, -0.15) is 0 Å². The molecule has 1 aliphatic carbocycles. The number of esters is 1. The lowest BCUT2D eigenvalue weighted by Gasteiger charge is -2.11. The maximum Gasteiger partial charge on any atom is 0.341 e. The number of thioether (sulfide) groups is 1. The van der Waals surface area contributed by atoms with Crippen LogP contribution >= 0.6 is 23.1 Å². The van der Waals surface area contributed by atoms with Crippen molar-refractivity contribution in [1.29, 1.82) is 0 Å². The van der Waals surface area contributed by atoms with Gasteiger partial charge >= 0.3 is 5.97 Å². The van der Waals surface area contributed by atoms with Gasteiger partial charge in [-0.05, 0) is 43.4 Å². The number of hydrogen-bond acceptors (Lipinski definition) is 5. The number of ether oxygens (including phenoxy) is 1. The van der Waals surface area contributed by atoms with E-state index >= 15 is 0 Å². The van der Waals surface area contributed by atoms with Crippen LogP contribution in [0.1, 0.15) is 52.9 Å². The van der Waals surface area contributed by atoms with Gasteiger partial charge in [0.2, 0.25) is 5.91 Å². The Hall–Kier alpha value is -1.79. The molecule has 1 aliphatic rings. The minimum Gasteiger partial charge on any atom is -0.465 e. The first-order chi connectivity index (χ1) is 13.2. The van der Waals surface area contributed by atoms with E-state index in [9.17, 15) is 9.59 Å². The third kappa shape index (κ3) is 5.36. The minimum absolute atomic E-state index is 0.0576. The number of rotatable bonds is 6. The highest BCUT2D eigenvalue weighted by Gasteiger charge is 2.25. The number of thiophene rings is 1. The number of anilines is 1. The maximum absolute atomic E-state index is 12.4. The number of fused-ring (bicyclic) bond motifs is 1.